The lowest BCUT2D eigenvalue weighted by atomic mass is 9.85. The van der Waals surface area contributed by atoms with Crippen molar-refractivity contribution < 1.29 is 9.90 Å². The minimum Gasteiger partial charge on any atom is -0.388 e. The summed E-state index contributed by atoms with van der Waals surface area (Å²) < 4.78 is 0. The Hall–Kier alpha value is -0.570. The van der Waals surface area contributed by atoms with Gasteiger partial charge in [-0.25, -0.2) is 4.99 Å². The minimum atomic E-state index is -0.651. The van der Waals surface area contributed by atoms with Crippen LogP contribution in [0.5, 0.6) is 0 Å². The molecule has 0 aromatic carbocycles. The summed E-state index contributed by atoms with van der Waals surface area (Å²) in [4.78, 5) is 16.1. The Morgan fingerprint density at radius 3 is 2.30 bits per heavy atom. The second-order valence-electron chi connectivity index (χ2n) is 7.13. The first-order valence-corrected chi connectivity index (χ1v) is 8.30. The van der Waals surface area contributed by atoms with Crippen LogP contribution in [0.15, 0.2) is 4.99 Å². The molecule has 1 aliphatic rings. The van der Waals surface area contributed by atoms with E-state index in [-0.39, 0.29) is 42.0 Å². The van der Waals surface area contributed by atoms with Crippen LogP contribution in [-0.2, 0) is 4.79 Å². The first-order valence-electron chi connectivity index (χ1n) is 8.30. The van der Waals surface area contributed by atoms with Gasteiger partial charge in [-0.3, -0.25) is 4.79 Å². The predicted octanol–water partition coefficient (Wildman–Crippen LogP) is 1.77. The van der Waals surface area contributed by atoms with Gasteiger partial charge in [-0.05, 0) is 40.5 Å². The molecule has 136 valence electrons. The van der Waals surface area contributed by atoms with Gasteiger partial charge in [-0.15, -0.1) is 24.0 Å². The van der Waals surface area contributed by atoms with Gasteiger partial charge >= 0.3 is 0 Å². The van der Waals surface area contributed by atoms with Gasteiger partial charge in [0.25, 0.3) is 0 Å². The lowest BCUT2D eigenvalue weighted by Gasteiger charge is -2.32. The Kier molecular flexibility index (Phi) is 10.1. The third-order valence-corrected chi connectivity index (χ3v) is 3.61. The first-order chi connectivity index (χ1) is 10.2. The molecular formula is C16H33IN4O2. The van der Waals surface area contributed by atoms with E-state index in [0.717, 1.165) is 25.7 Å². The zero-order valence-corrected chi connectivity index (χ0v) is 17.2. The molecular weight excluding hydrogens is 407 g/mol. The maximum Gasteiger partial charge on any atom is 0.242 e. The molecule has 0 atom stereocenters. The molecule has 1 rings (SSSR count). The third-order valence-electron chi connectivity index (χ3n) is 3.61. The van der Waals surface area contributed by atoms with E-state index in [9.17, 15) is 9.90 Å². The Bertz CT molecular complexity index is 388. The van der Waals surface area contributed by atoms with Crippen molar-refractivity contribution in [2.75, 3.05) is 19.6 Å². The average Bonchev–Trinajstić information content (AvgIpc) is 2.41. The van der Waals surface area contributed by atoms with Gasteiger partial charge in [-0.2, -0.15) is 0 Å². The molecule has 0 spiro atoms. The fourth-order valence-corrected chi connectivity index (χ4v) is 2.59. The van der Waals surface area contributed by atoms with Crippen molar-refractivity contribution >= 4 is 35.8 Å². The van der Waals surface area contributed by atoms with Crippen molar-refractivity contribution in [3.8, 4) is 0 Å². The summed E-state index contributed by atoms with van der Waals surface area (Å²) in [6.07, 6.45) is 4.98. The van der Waals surface area contributed by atoms with Gasteiger partial charge in [0.2, 0.25) is 5.91 Å². The van der Waals surface area contributed by atoms with Gasteiger partial charge in [0.05, 0.1) is 5.60 Å². The molecule has 4 N–H and O–H groups in total. The largest absolute Gasteiger partial charge is 0.388 e. The molecule has 1 amide bonds. The van der Waals surface area contributed by atoms with Crippen LogP contribution in [0.1, 0.15) is 59.8 Å². The number of carbonyl (C=O) groups excluding carboxylic acids is 1. The lowest BCUT2D eigenvalue weighted by molar-refractivity contribution is -0.121. The molecule has 7 heteroatoms. The molecule has 1 saturated carbocycles. The number of aliphatic imine (C=N–C) groups is 1. The predicted molar refractivity (Wildman–Crippen MR) is 105 cm³/mol. The van der Waals surface area contributed by atoms with E-state index in [2.05, 4.69) is 20.9 Å². The number of halogens is 1. The second-order valence-corrected chi connectivity index (χ2v) is 7.13. The molecule has 0 heterocycles. The van der Waals surface area contributed by atoms with Crippen molar-refractivity contribution in [3.63, 3.8) is 0 Å². The van der Waals surface area contributed by atoms with Gasteiger partial charge in [0, 0.05) is 18.6 Å². The summed E-state index contributed by atoms with van der Waals surface area (Å²) >= 11 is 0. The van der Waals surface area contributed by atoms with Crippen LogP contribution >= 0.6 is 24.0 Å². The van der Waals surface area contributed by atoms with Crippen molar-refractivity contribution in [1.29, 1.82) is 0 Å². The van der Waals surface area contributed by atoms with Gasteiger partial charge in [-0.1, -0.05) is 19.3 Å². The van der Waals surface area contributed by atoms with E-state index in [1.165, 1.54) is 6.42 Å². The van der Waals surface area contributed by atoms with Crippen LogP contribution in [0.2, 0.25) is 0 Å². The van der Waals surface area contributed by atoms with Gasteiger partial charge < -0.3 is 21.1 Å². The summed E-state index contributed by atoms with van der Waals surface area (Å²) in [5, 5.41) is 19.6. The normalized spacial score (nSPS) is 17.9. The second kappa shape index (κ2) is 10.3. The summed E-state index contributed by atoms with van der Waals surface area (Å²) in [7, 11) is 0. The highest BCUT2D eigenvalue weighted by molar-refractivity contribution is 14.0. The number of amides is 1. The van der Waals surface area contributed by atoms with E-state index in [4.69, 9.17) is 0 Å². The smallest absolute Gasteiger partial charge is 0.242 e. The summed E-state index contributed by atoms with van der Waals surface area (Å²) in [6.45, 7) is 9.06. The number of hydrogen-bond acceptors (Lipinski definition) is 3. The molecule has 0 aliphatic heterocycles. The molecule has 6 nitrogen and oxygen atoms in total. The molecule has 0 saturated heterocycles. The Morgan fingerprint density at radius 2 is 1.78 bits per heavy atom. The van der Waals surface area contributed by atoms with Crippen molar-refractivity contribution in [1.82, 2.24) is 16.0 Å². The number of nitrogens with one attached hydrogen (secondary N) is 3. The molecule has 0 unspecified atom stereocenters. The quantitative estimate of drug-likeness (QED) is 0.298. The summed E-state index contributed by atoms with van der Waals surface area (Å²) in [6, 6.07) is 0. The monoisotopic (exact) mass is 440 g/mol. The van der Waals surface area contributed by atoms with Crippen LogP contribution in [-0.4, -0.2) is 47.7 Å². The number of aliphatic hydroxyl groups is 1. The maximum absolute atomic E-state index is 11.8. The van der Waals surface area contributed by atoms with Crippen molar-refractivity contribution in [2.45, 2.75) is 70.9 Å². The number of hydrogen-bond donors (Lipinski definition) is 4. The Balaban J connectivity index is 0.00000484. The molecule has 1 aliphatic carbocycles. The topological polar surface area (TPSA) is 85.8 Å². The zero-order valence-electron chi connectivity index (χ0n) is 14.9. The molecule has 0 radical (unpaired) electrons. The molecule has 0 aromatic rings. The van der Waals surface area contributed by atoms with Crippen LogP contribution in [0.25, 0.3) is 0 Å². The van der Waals surface area contributed by atoms with E-state index in [1.807, 2.05) is 27.7 Å². The average molecular weight is 440 g/mol. The minimum absolute atomic E-state index is 0. The lowest BCUT2D eigenvalue weighted by Crippen LogP contribution is -2.48. The number of guanidine groups is 1. The highest BCUT2D eigenvalue weighted by Gasteiger charge is 2.29. The fraction of sp³-hybridized carbons (Fsp3) is 0.875. The highest BCUT2D eigenvalue weighted by Crippen LogP contribution is 2.27. The Labute approximate surface area is 157 Å². The number of carbonyl (C=O) groups is 1. The SMILES string of the molecule is CCNC(=NCC(=O)NC(C)(C)C)NCC1(O)CCCCC1.I. The number of nitrogens with zero attached hydrogens (tertiary/aromatic N) is 1. The van der Waals surface area contributed by atoms with Crippen molar-refractivity contribution in [3.05, 3.63) is 0 Å². The first kappa shape index (κ1) is 22.4. The van der Waals surface area contributed by atoms with Crippen LogP contribution in [0.4, 0.5) is 0 Å². The van der Waals surface area contributed by atoms with E-state index in [0.29, 0.717) is 19.0 Å². The van der Waals surface area contributed by atoms with Gasteiger partial charge in [0.1, 0.15) is 6.54 Å². The Morgan fingerprint density at radius 1 is 1.17 bits per heavy atom. The maximum atomic E-state index is 11.8. The fourth-order valence-electron chi connectivity index (χ4n) is 2.59. The van der Waals surface area contributed by atoms with Gasteiger partial charge in [0.15, 0.2) is 5.96 Å². The summed E-state index contributed by atoms with van der Waals surface area (Å²) in [5.41, 5.74) is -0.905. The van der Waals surface area contributed by atoms with Crippen LogP contribution in [0, 0.1) is 0 Å². The molecule has 23 heavy (non-hydrogen) atoms. The van der Waals surface area contributed by atoms with Crippen LogP contribution < -0.4 is 16.0 Å². The van der Waals surface area contributed by atoms with E-state index in [1.54, 1.807) is 0 Å². The summed E-state index contributed by atoms with van der Waals surface area (Å²) in [5.74, 6) is 0.464. The standard InChI is InChI=1S/C16H32N4O2.HI/c1-5-17-14(18-11-13(21)20-15(2,3)4)19-12-16(22)9-7-6-8-10-16;/h22H,5-12H2,1-4H3,(H,20,21)(H2,17,18,19);1H. The number of rotatable bonds is 5. The van der Waals surface area contributed by atoms with E-state index < -0.39 is 5.60 Å². The van der Waals surface area contributed by atoms with E-state index >= 15 is 0 Å². The molecule has 0 aromatic heterocycles. The zero-order chi connectivity index (χ0) is 16.6. The van der Waals surface area contributed by atoms with Crippen molar-refractivity contribution in [2.24, 2.45) is 4.99 Å². The molecule has 0 bridgehead atoms. The third kappa shape index (κ3) is 10.0. The molecule has 1 fully saturated rings. The van der Waals surface area contributed by atoms with Crippen LogP contribution in [0.3, 0.4) is 0 Å². The highest BCUT2D eigenvalue weighted by atomic mass is 127.